The lowest BCUT2D eigenvalue weighted by Gasteiger charge is -2.11. The highest BCUT2D eigenvalue weighted by Crippen LogP contribution is 2.15. The van der Waals surface area contributed by atoms with Gasteiger partial charge in [-0.25, -0.2) is 18.2 Å². The van der Waals surface area contributed by atoms with Gasteiger partial charge in [0.1, 0.15) is 0 Å². The molecule has 0 atom stereocenters. The van der Waals surface area contributed by atoms with Crippen LogP contribution >= 0.6 is 0 Å². The molecule has 0 aliphatic heterocycles. The van der Waals surface area contributed by atoms with Crippen molar-refractivity contribution in [1.29, 1.82) is 0 Å². The van der Waals surface area contributed by atoms with Crippen molar-refractivity contribution in [3.63, 3.8) is 0 Å². The predicted octanol–water partition coefficient (Wildman–Crippen LogP) is 1.39. The highest BCUT2D eigenvalue weighted by atomic mass is 32.2. The molecule has 1 aromatic heterocycles. The molecule has 0 unspecified atom stereocenters. The molecule has 152 valence electrons. The Balaban J connectivity index is 1.90. The van der Waals surface area contributed by atoms with Crippen molar-refractivity contribution in [1.82, 2.24) is 9.78 Å². The summed E-state index contributed by atoms with van der Waals surface area (Å²) in [5, 5.41) is 10.6. The second-order valence-electron chi connectivity index (χ2n) is 6.44. The molecule has 0 aliphatic rings. The number of aromatic nitrogens is 2. The number of hydrogen-bond donors (Lipinski definition) is 1. The van der Waals surface area contributed by atoms with Gasteiger partial charge in [-0.1, -0.05) is 30.3 Å². The van der Waals surface area contributed by atoms with Gasteiger partial charge in [-0.2, -0.15) is 5.10 Å². The van der Waals surface area contributed by atoms with E-state index < -0.39 is 16.0 Å². The zero-order valence-corrected chi connectivity index (χ0v) is 16.7. The third kappa shape index (κ3) is 4.87. The van der Waals surface area contributed by atoms with E-state index in [4.69, 9.17) is 9.88 Å². The highest BCUT2D eigenvalue weighted by Gasteiger charge is 2.14. The van der Waals surface area contributed by atoms with Crippen LogP contribution in [0.5, 0.6) is 0 Å². The van der Waals surface area contributed by atoms with Crippen molar-refractivity contribution in [3.8, 4) is 0 Å². The standard InChI is InChI=1S/C20H21N3O5S/c1-2-28-19(24)13-18-16-5-3-4-6-17(16)20(25)23(22-18)12-11-14-7-9-15(10-8-14)29(21,26)27/h3-10H,2,11-13H2,1H3,(H2,21,26,27). The van der Waals surface area contributed by atoms with Gasteiger partial charge in [-0.15, -0.1) is 0 Å². The molecule has 3 aromatic rings. The lowest BCUT2D eigenvalue weighted by atomic mass is 10.1. The summed E-state index contributed by atoms with van der Waals surface area (Å²) in [6, 6.07) is 13.1. The number of nitrogens with two attached hydrogens (primary N) is 1. The zero-order chi connectivity index (χ0) is 21.0. The minimum atomic E-state index is -3.75. The number of primary sulfonamides is 1. The molecule has 0 saturated carbocycles. The van der Waals surface area contributed by atoms with Crippen molar-refractivity contribution in [3.05, 3.63) is 70.1 Å². The number of fused-ring (bicyclic) bond motifs is 1. The Morgan fingerprint density at radius 3 is 2.38 bits per heavy atom. The van der Waals surface area contributed by atoms with Crippen LogP contribution in [0.3, 0.4) is 0 Å². The predicted molar refractivity (Wildman–Crippen MR) is 108 cm³/mol. The molecular formula is C20H21N3O5S. The summed E-state index contributed by atoms with van der Waals surface area (Å²) in [7, 11) is -3.75. The summed E-state index contributed by atoms with van der Waals surface area (Å²) in [6.45, 7) is 2.27. The number of esters is 1. The number of rotatable bonds is 7. The van der Waals surface area contributed by atoms with Gasteiger partial charge in [0, 0.05) is 11.9 Å². The average Bonchev–Trinajstić information content (AvgIpc) is 2.69. The SMILES string of the molecule is CCOC(=O)Cc1nn(CCc2ccc(S(N)(=O)=O)cc2)c(=O)c2ccccc12. The normalized spacial score (nSPS) is 11.5. The van der Waals surface area contributed by atoms with E-state index in [0.717, 1.165) is 5.56 Å². The Bertz CT molecular complexity index is 1200. The molecule has 1 heterocycles. The molecule has 2 aromatic carbocycles. The monoisotopic (exact) mass is 415 g/mol. The first-order valence-electron chi connectivity index (χ1n) is 9.05. The van der Waals surface area contributed by atoms with Crippen LogP contribution in [0.15, 0.2) is 58.2 Å². The molecule has 9 heteroatoms. The van der Waals surface area contributed by atoms with Crippen molar-refractivity contribution in [2.24, 2.45) is 5.14 Å². The number of carbonyl (C=O) groups is 1. The number of nitrogens with zero attached hydrogens (tertiary/aromatic N) is 2. The van der Waals surface area contributed by atoms with E-state index >= 15 is 0 Å². The van der Waals surface area contributed by atoms with Crippen molar-refractivity contribution in [2.45, 2.75) is 31.2 Å². The molecule has 8 nitrogen and oxygen atoms in total. The largest absolute Gasteiger partial charge is 0.466 e. The number of ether oxygens (including phenoxy) is 1. The maximum Gasteiger partial charge on any atom is 0.311 e. The van der Waals surface area contributed by atoms with Gasteiger partial charge in [0.25, 0.3) is 5.56 Å². The Morgan fingerprint density at radius 1 is 1.10 bits per heavy atom. The van der Waals surface area contributed by atoms with E-state index in [1.54, 1.807) is 43.3 Å². The fourth-order valence-electron chi connectivity index (χ4n) is 3.02. The number of benzene rings is 2. The number of sulfonamides is 1. The summed E-state index contributed by atoms with van der Waals surface area (Å²) in [6.07, 6.45) is 0.423. The first-order chi connectivity index (χ1) is 13.8. The molecule has 0 spiro atoms. The lowest BCUT2D eigenvalue weighted by Crippen LogP contribution is -2.26. The van der Waals surface area contributed by atoms with Crippen LogP contribution in [0.2, 0.25) is 0 Å². The Labute approximate surface area is 168 Å². The van der Waals surface area contributed by atoms with Gasteiger partial charge in [-0.05, 0) is 37.1 Å². The van der Waals surface area contributed by atoms with E-state index in [-0.39, 0.29) is 30.0 Å². The fourth-order valence-corrected chi connectivity index (χ4v) is 3.53. The minimum absolute atomic E-state index is 0.0268. The van der Waals surface area contributed by atoms with Gasteiger partial charge < -0.3 is 4.74 Å². The van der Waals surface area contributed by atoms with Crippen molar-refractivity contribution < 1.29 is 17.9 Å². The average molecular weight is 415 g/mol. The quantitative estimate of drug-likeness (QED) is 0.582. The summed E-state index contributed by atoms with van der Waals surface area (Å²) in [5.41, 5.74) is 1.05. The zero-order valence-electron chi connectivity index (χ0n) is 15.9. The summed E-state index contributed by atoms with van der Waals surface area (Å²) in [5.74, 6) is -0.408. The number of carbonyl (C=O) groups excluding carboxylic acids is 1. The van der Waals surface area contributed by atoms with E-state index in [2.05, 4.69) is 5.10 Å². The molecule has 3 rings (SSSR count). The van der Waals surface area contributed by atoms with Gasteiger partial charge in [0.2, 0.25) is 10.0 Å². The van der Waals surface area contributed by atoms with E-state index in [9.17, 15) is 18.0 Å². The maximum atomic E-state index is 12.8. The molecule has 0 radical (unpaired) electrons. The molecule has 0 amide bonds. The molecule has 0 fully saturated rings. The van der Waals surface area contributed by atoms with E-state index in [0.29, 0.717) is 22.9 Å². The van der Waals surface area contributed by atoms with Crippen LogP contribution in [0.1, 0.15) is 18.2 Å². The molecule has 0 saturated heterocycles. The van der Waals surface area contributed by atoms with Gasteiger partial charge in [0.15, 0.2) is 0 Å². The molecule has 0 aliphatic carbocycles. The number of aryl methyl sites for hydroxylation is 2. The molecule has 2 N–H and O–H groups in total. The van der Waals surface area contributed by atoms with Crippen molar-refractivity contribution >= 4 is 26.8 Å². The number of hydrogen-bond acceptors (Lipinski definition) is 6. The first-order valence-corrected chi connectivity index (χ1v) is 10.6. The Hall–Kier alpha value is -3.04. The maximum absolute atomic E-state index is 12.8. The Kier molecular flexibility index (Phi) is 6.09. The van der Waals surface area contributed by atoms with Crippen LogP contribution in [0, 0.1) is 0 Å². The molecule has 29 heavy (non-hydrogen) atoms. The third-order valence-corrected chi connectivity index (χ3v) is 5.35. The Morgan fingerprint density at radius 2 is 1.76 bits per heavy atom. The topological polar surface area (TPSA) is 121 Å². The van der Waals surface area contributed by atoms with Crippen LogP contribution in [0.25, 0.3) is 10.8 Å². The smallest absolute Gasteiger partial charge is 0.311 e. The van der Waals surface area contributed by atoms with Crippen molar-refractivity contribution in [2.75, 3.05) is 6.61 Å². The van der Waals surface area contributed by atoms with Gasteiger partial charge >= 0.3 is 5.97 Å². The summed E-state index contributed by atoms with van der Waals surface area (Å²) in [4.78, 5) is 24.8. The molecular weight excluding hydrogens is 394 g/mol. The van der Waals surface area contributed by atoms with E-state index in [1.165, 1.54) is 16.8 Å². The molecule has 0 bridgehead atoms. The summed E-state index contributed by atoms with van der Waals surface area (Å²) < 4.78 is 29.0. The van der Waals surface area contributed by atoms with E-state index in [1.807, 2.05) is 0 Å². The second-order valence-corrected chi connectivity index (χ2v) is 8.00. The third-order valence-electron chi connectivity index (χ3n) is 4.43. The first kappa shape index (κ1) is 20.7. The van der Waals surface area contributed by atoms with Gasteiger partial charge in [0.05, 0.1) is 29.0 Å². The van der Waals surface area contributed by atoms with Gasteiger partial charge in [-0.3, -0.25) is 9.59 Å². The second kappa shape index (κ2) is 8.54. The minimum Gasteiger partial charge on any atom is -0.466 e. The lowest BCUT2D eigenvalue weighted by molar-refractivity contribution is -0.142. The highest BCUT2D eigenvalue weighted by molar-refractivity contribution is 7.89. The van der Waals surface area contributed by atoms with Crippen LogP contribution in [-0.2, 0) is 38.9 Å². The van der Waals surface area contributed by atoms with Crippen LogP contribution in [-0.4, -0.2) is 30.8 Å². The van der Waals surface area contributed by atoms with Crippen LogP contribution in [0.4, 0.5) is 0 Å². The van der Waals surface area contributed by atoms with Crippen LogP contribution < -0.4 is 10.7 Å². The summed E-state index contributed by atoms with van der Waals surface area (Å²) >= 11 is 0. The fraction of sp³-hybridized carbons (Fsp3) is 0.250.